The number of nitrogens with zero attached hydrogens (tertiary/aromatic N) is 2. The topological polar surface area (TPSA) is 53.6 Å². The number of guanidine groups is 1. The molecule has 3 aliphatic rings. The molecule has 3 fully saturated rings. The molecule has 0 spiro atoms. The lowest BCUT2D eigenvalue weighted by atomic mass is 9.84. The van der Waals surface area contributed by atoms with Crippen LogP contribution in [0.3, 0.4) is 0 Å². The van der Waals surface area contributed by atoms with Crippen LogP contribution in [0.4, 0.5) is 0 Å². The van der Waals surface area contributed by atoms with Crippen LogP contribution in [0.25, 0.3) is 0 Å². The van der Waals surface area contributed by atoms with Crippen molar-refractivity contribution in [3.05, 3.63) is 0 Å². The smallest absolute Gasteiger partial charge is 0.188 e. The van der Waals surface area contributed by atoms with Crippen molar-refractivity contribution >= 4 is 5.96 Å². The quantitative estimate of drug-likeness (QED) is 0.523. The molecule has 4 nitrogen and oxygen atoms in total. The molecule has 0 aromatic heterocycles. The van der Waals surface area contributed by atoms with E-state index in [0.29, 0.717) is 12.0 Å². The lowest BCUT2D eigenvalue weighted by Gasteiger charge is -2.45. The van der Waals surface area contributed by atoms with Crippen molar-refractivity contribution in [2.24, 2.45) is 16.6 Å². The van der Waals surface area contributed by atoms with Gasteiger partial charge in [0, 0.05) is 19.1 Å². The minimum Gasteiger partial charge on any atom is -0.370 e. The van der Waals surface area contributed by atoms with Crippen molar-refractivity contribution in [1.82, 2.24) is 10.2 Å². The van der Waals surface area contributed by atoms with Gasteiger partial charge in [-0.05, 0) is 38.3 Å². The Bertz CT molecular complexity index is 231. The molecular formula is C11H22N4. The summed E-state index contributed by atoms with van der Waals surface area (Å²) in [4.78, 5) is 6.80. The Morgan fingerprint density at radius 3 is 2.73 bits per heavy atom. The number of rotatable bonds is 3. The first kappa shape index (κ1) is 10.7. The Balaban J connectivity index is 1.84. The highest BCUT2D eigenvalue weighted by Gasteiger charge is 2.34. The lowest BCUT2D eigenvalue weighted by Crippen LogP contribution is -2.58. The van der Waals surface area contributed by atoms with Gasteiger partial charge in [0.25, 0.3) is 0 Å². The van der Waals surface area contributed by atoms with Gasteiger partial charge in [0.2, 0.25) is 0 Å². The zero-order chi connectivity index (χ0) is 10.7. The molecule has 1 atom stereocenters. The van der Waals surface area contributed by atoms with Gasteiger partial charge < -0.3 is 16.0 Å². The Morgan fingerprint density at radius 2 is 2.20 bits per heavy atom. The summed E-state index contributed by atoms with van der Waals surface area (Å²) < 4.78 is 0. The maximum atomic E-state index is 5.84. The third-order valence-corrected chi connectivity index (χ3v) is 3.50. The number of aliphatic imine (C=N–C) groups is 1. The highest BCUT2D eigenvalue weighted by atomic mass is 15.2. The number of fused-ring (bicyclic) bond motifs is 3. The Labute approximate surface area is 91.9 Å². The first-order valence-electron chi connectivity index (χ1n) is 6.08. The molecule has 3 rings (SSSR count). The summed E-state index contributed by atoms with van der Waals surface area (Å²) in [6, 6.07) is 0.535. The van der Waals surface area contributed by atoms with E-state index in [4.69, 9.17) is 5.73 Å². The molecule has 0 aliphatic carbocycles. The fourth-order valence-electron chi connectivity index (χ4n) is 2.60. The molecule has 3 saturated heterocycles. The first-order valence-corrected chi connectivity index (χ1v) is 6.08. The van der Waals surface area contributed by atoms with Crippen LogP contribution in [-0.2, 0) is 0 Å². The van der Waals surface area contributed by atoms with Gasteiger partial charge in [-0.1, -0.05) is 6.92 Å². The second-order valence-corrected chi connectivity index (χ2v) is 4.66. The van der Waals surface area contributed by atoms with Gasteiger partial charge in [0.05, 0.1) is 0 Å². The van der Waals surface area contributed by atoms with Gasteiger partial charge in [-0.3, -0.25) is 4.99 Å². The monoisotopic (exact) mass is 210 g/mol. The van der Waals surface area contributed by atoms with Gasteiger partial charge in [-0.2, -0.15) is 0 Å². The number of nitrogens with two attached hydrogens (primary N) is 1. The van der Waals surface area contributed by atoms with Crippen LogP contribution < -0.4 is 11.1 Å². The van der Waals surface area contributed by atoms with Crippen LogP contribution in [0, 0.1) is 5.92 Å². The van der Waals surface area contributed by atoms with E-state index >= 15 is 0 Å². The van der Waals surface area contributed by atoms with Gasteiger partial charge >= 0.3 is 0 Å². The summed E-state index contributed by atoms with van der Waals surface area (Å²) in [7, 11) is 0. The maximum absolute atomic E-state index is 5.84. The standard InChI is InChI=1S/C11H22N4/c1-2-5-13-11(12)14-10-8-15-6-3-9(10)4-7-15/h9-10H,2-8H2,1H3,(H3,12,13,14). The number of hydrogen-bond donors (Lipinski definition) is 2. The van der Waals surface area contributed by atoms with E-state index in [9.17, 15) is 0 Å². The van der Waals surface area contributed by atoms with Crippen LogP contribution in [0.5, 0.6) is 0 Å². The van der Waals surface area contributed by atoms with Gasteiger partial charge in [-0.25, -0.2) is 0 Å². The number of nitrogens with one attached hydrogen (secondary N) is 1. The second-order valence-electron chi connectivity index (χ2n) is 4.66. The normalized spacial score (nSPS) is 35.5. The van der Waals surface area contributed by atoms with Crippen LogP contribution in [0.1, 0.15) is 26.2 Å². The molecule has 1 unspecified atom stereocenters. The summed E-state index contributed by atoms with van der Waals surface area (Å²) in [6.45, 7) is 6.64. The summed E-state index contributed by atoms with van der Waals surface area (Å²) in [5.74, 6) is 1.45. The van der Waals surface area contributed by atoms with E-state index in [-0.39, 0.29) is 0 Å². The molecule has 86 valence electrons. The van der Waals surface area contributed by atoms with Crippen LogP contribution in [0.15, 0.2) is 4.99 Å². The molecule has 0 aromatic carbocycles. The molecule has 0 radical (unpaired) electrons. The van der Waals surface area contributed by atoms with E-state index in [0.717, 1.165) is 25.4 Å². The average molecular weight is 210 g/mol. The average Bonchev–Trinajstić information content (AvgIpc) is 2.28. The van der Waals surface area contributed by atoms with Crippen molar-refractivity contribution in [2.45, 2.75) is 32.2 Å². The summed E-state index contributed by atoms with van der Waals surface area (Å²) in [5, 5.41) is 3.37. The lowest BCUT2D eigenvalue weighted by molar-refractivity contribution is 0.0811. The summed E-state index contributed by atoms with van der Waals surface area (Å²) in [5.41, 5.74) is 5.84. The largest absolute Gasteiger partial charge is 0.370 e. The first-order chi connectivity index (χ1) is 7.29. The van der Waals surface area contributed by atoms with Crippen molar-refractivity contribution in [1.29, 1.82) is 0 Å². The Morgan fingerprint density at radius 1 is 1.47 bits per heavy atom. The molecule has 15 heavy (non-hydrogen) atoms. The molecule has 3 N–H and O–H groups in total. The fraction of sp³-hybridized carbons (Fsp3) is 0.909. The minimum atomic E-state index is 0.535. The molecule has 4 heteroatoms. The summed E-state index contributed by atoms with van der Waals surface area (Å²) in [6.07, 6.45) is 3.69. The van der Waals surface area contributed by atoms with Crippen LogP contribution in [0.2, 0.25) is 0 Å². The number of hydrogen-bond acceptors (Lipinski definition) is 2. The molecule has 0 amide bonds. The van der Waals surface area contributed by atoms with Crippen molar-refractivity contribution in [3.8, 4) is 0 Å². The highest BCUT2D eigenvalue weighted by Crippen LogP contribution is 2.27. The highest BCUT2D eigenvalue weighted by molar-refractivity contribution is 5.78. The zero-order valence-electron chi connectivity index (χ0n) is 9.58. The SMILES string of the molecule is CCCN=C(N)NC1CN2CCC1CC2. The summed E-state index contributed by atoms with van der Waals surface area (Å²) >= 11 is 0. The van der Waals surface area contributed by atoms with Crippen molar-refractivity contribution in [3.63, 3.8) is 0 Å². The Kier molecular flexibility index (Phi) is 3.46. The van der Waals surface area contributed by atoms with Crippen LogP contribution >= 0.6 is 0 Å². The van der Waals surface area contributed by atoms with E-state index in [2.05, 4.69) is 22.1 Å². The molecule has 3 heterocycles. The van der Waals surface area contributed by atoms with Crippen molar-refractivity contribution < 1.29 is 0 Å². The van der Waals surface area contributed by atoms with Gasteiger partial charge in [-0.15, -0.1) is 0 Å². The van der Waals surface area contributed by atoms with E-state index < -0.39 is 0 Å². The minimum absolute atomic E-state index is 0.535. The van der Waals surface area contributed by atoms with E-state index in [1.165, 1.54) is 25.9 Å². The third kappa shape index (κ3) is 2.62. The van der Waals surface area contributed by atoms with Crippen LogP contribution in [-0.4, -0.2) is 43.1 Å². The molecule has 0 aromatic rings. The molecule has 0 saturated carbocycles. The zero-order valence-corrected chi connectivity index (χ0v) is 9.58. The van der Waals surface area contributed by atoms with Gasteiger partial charge in [0.15, 0.2) is 5.96 Å². The second kappa shape index (κ2) is 4.84. The van der Waals surface area contributed by atoms with Gasteiger partial charge in [0.1, 0.15) is 0 Å². The number of piperidine rings is 3. The third-order valence-electron chi connectivity index (χ3n) is 3.50. The molecular weight excluding hydrogens is 188 g/mol. The molecule has 3 aliphatic heterocycles. The predicted octanol–water partition coefficient (Wildman–Crippen LogP) is 0.395. The Hall–Kier alpha value is -0.770. The molecule has 2 bridgehead atoms. The van der Waals surface area contributed by atoms with E-state index in [1.54, 1.807) is 0 Å². The predicted molar refractivity (Wildman–Crippen MR) is 62.9 cm³/mol. The van der Waals surface area contributed by atoms with E-state index in [1.807, 2.05) is 0 Å². The van der Waals surface area contributed by atoms with Crippen molar-refractivity contribution in [2.75, 3.05) is 26.2 Å². The maximum Gasteiger partial charge on any atom is 0.188 e. The fourth-order valence-corrected chi connectivity index (χ4v) is 2.60.